The third-order valence-electron chi connectivity index (χ3n) is 2.85. The molecule has 112 valence electrons. The summed E-state index contributed by atoms with van der Waals surface area (Å²) >= 11 is 2.94. The van der Waals surface area contributed by atoms with Gasteiger partial charge in [0, 0.05) is 4.88 Å². The van der Waals surface area contributed by atoms with E-state index < -0.39 is 0 Å². The van der Waals surface area contributed by atoms with Crippen LogP contribution in [0.5, 0.6) is 5.75 Å². The highest BCUT2D eigenvalue weighted by atomic mass is 32.2. The van der Waals surface area contributed by atoms with Gasteiger partial charge in [-0.05, 0) is 48.3 Å². The molecule has 0 atom stereocenters. The van der Waals surface area contributed by atoms with Crippen LogP contribution in [0.4, 0.5) is 5.69 Å². The molecule has 0 bridgehead atoms. The zero-order valence-corrected chi connectivity index (χ0v) is 13.5. The maximum Gasteiger partial charge on any atom is 0.264 e. The number of benzene rings is 1. The number of rotatable bonds is 4. The van der Waals surface area contributed by atoms with Crippen LogP contribution < -0.4 is 10.1 Å². The van der Waals surface area contributed by atoms with Gasteiger partial charge < -0.3 is 10.1 Å². The Hall–Kier alpha value is -2.05. The van der Waals surface area contributed by atoms with Crippen LogP contribution in [0.15, 0.2) is 51.7 Å². The number of amides is 1. The molecular weight excluding hydrogens is 316 g/mol. The van der Waals surface area contributed by atoms with Crippen molar-refractivity contribution in [1.82, 2.24) is 5.32 Å². The van der Waals surface area contributed by atoms with Crippen molar-refractivity contribution in [2.24, 2.45) is 4.99 Å². The number of carbonyl (C=O) groups excluding carboxylic acids is 1. The van der Waals surface area contributed by atoms with Crippen molar-refractivity contribution in [3.8, 4) is 5.75 Å². The number of hydrogen-bond donors (Lipinski definition) is 1. The van der Waals surface area contributed by atoms with E-state index in [2.05, 4.69) is 10.3 Å². The Morgan fingerprint density at radius 2 is 2.14 bits per heavy atom. The molecular formula is C16H14N2O2S2. The maximum atomic E-state index is 12.0. The highest BCUT2D eigenvalue weighted by Gasteiger charge is 2.24. The molecule has 1 aliphatic heterocycles. The molecule has 4 nitrogen and oxygen atoms in total. The van der Waals surface area contributed by atoms with Gasteiger partial charge in [0.2, 0.25) is 0 Å². The Bertz CT molecular complexity index is 736. The molecule has 1 aromatic carbocycles. The molecule has 1 N–H and O–H groups in total. The number of nitrogens with zero attached hydrogens (tertiary/aromatic N) is 1. The Kier molecular flexibility index (Phi) is 4.60. The molecule has 0 spiro atoms. The summed E-state index contributed by atoms with van der Waals surface area (Å²) in [6.45, 7) is 2.50. The number of thioether (sulfide) groups is 1. The lowest BCUT2D eigenvalue weighted by Crippen LogP contribution is -2.19. The SMILES string of the molecule is CCOc1ccccc1N=C1NC(=O)/C(=C/c2cccs2)S1. The molecule has 0 aliphatic carbocycles. The molecule has 1 amide bonds. The van der Waals surface area contributed by atoms with E-state index in [4.69, 9.17) is 4.74 Å². The Morgan fingerprint density at radius 1 is 1.27 bits per heavy atom. The van der Waals surface area contributed by atoms with Crippen LogP contribution >= 0.6 is 23.1 Å². The molecule has 6 heteroatoms. The molecule has 22 heavy (non-hydrogen) atoms. The molecule has 2 heterocycles. The van der Waals surface area contributed by atoms with E-state index in [1.807, 2.05) is 54.8 Å². The lowest BCUT2D eigenvalue weighted by atomic mass is 10.3. The average molecular weight is 330 g/mol. The smallest absolute Gasteiger partial charge is 0.264 e. The van der Waals surface area contributed by atoms with E-state index >= 15 is 0 Å². The van der Waals surface area contributed by atoms with Crippen molar-refractivity contribution >= 4 is 45.9 Å². The van der Waals surface area contributed by atoms with Crippen LogP contribution in [-0.4, -0.2) is 17.7 Å². The number of carbonyl (C=O) groups is 1. The minimum atomic E-state index is -0.119. The van der Waals surface area contributed by atoms with Crippen molar-refractivity contribution in [3.05, 3.63) is 51.6 Å². The van der Waals surface area contributed by atoms with Gasteiger partial charge in [-0.2, -0.15) is 0 Å². The van der Waals surface area contributed by atoms with Gasteiger partial charge in [0.25, 0.3) is 5.91 Å². The number of amidine groups is 1. The average Bonchev–Trinajstić information content (AvgIpc) is 3.13. The molecule has 0 saturated carbocycles. The predicted octanol–water partition coefficient (Wildman–Crippen LogP) is 4.04. The first-order valence-electron chi connectivity index (χ1n) is 6.81. The van der Waals surface area contributed by atoms with Gasteiger partial charge >= 0.3 is 0 Å². The summed E-state index contributed by atoms with van der Waals surface area (Å²) in [6, 6.07) is 11.5. The van der Waals surface area contributed by atoms with Crippen molar-refractivity contribution in [1.29, 1.82) is 0 Å². The number of para-hydroxylation sites is 2. The van der Waals surface area contributed by atoms with Crippen LogP contribution in [0, 0.1) is 0 Å². The summed E-state index contributed by atoms with van der Waals surface area (Å²) in [5.41, 5.74) is 0.713. The van der Waals surface area contributed by atoms with Crippen molar-refractivity contribution in [3.63, 3.8) is 0 Å². The maximum absolute atomic E-state index is 12.0. The Morgan fingerprint density at radius 3 is 2.91 bits per heavy atom. The molecule has 0 unspecified atom stereocenters. The van der Waals surface area contributed by atoms with Crippen LogP contribution in [-0.2, 0) is 4.79 Å². The largest absolute Gasteiger partial charge is 0.492 e. The highest BCUT2D eigenvalue weighted by Crippen LogP contribution is 2.32. The third kappa shape index (κ3) is 3.40. The molecule has 1 aliphatic rings. The van der Waals surface area contributed by atoms with E-state index in [1.54, 1.807) is 11.3 Å². The first-order chi connectivity index (χ1) is 10.8. The van der Waals surface area contributed by atoms with Crippen molar-refractivity contribution in [2.75, 3.05) is 6.61 Å². The van der Waals surface area contributed by atoms with Crippen LogP contribution in [0.1, 0.15) is 11.8 Å². The third-order valence-corrected chi connectivity index (χ3v) is 4.58. The fraction of sp³-hybridized carbons (Fsp3) is 0.125. The topological polar surface area (TPSA) is 50.7 Å². The van der Waals surface area contributed by atoms with Gasteiger partial charge in [-0.25, -0.2) is 4.99 Å². The predicted molar refractivity (Wildman–Crippen MR) is 92.7 cm³/mol. The first-order valence-corrected chi connectivity index (χ1v) is 8.51. The number of ether oxygens (including phenoxy) is 1. The summed E-state index contributed by atoms with van der Waals surface area (Å²) in [7, 11) is 0. The lowest BCUT2D eigenvalue weighted by Gasteiger charge is -2.06. The number of thiophene rings is 1. The van der Waals surface area contributed by atoms with E-state index in [0.29, 0.717) is 28.1 Å². The van der Waals surface area contributed by atoms with Gasteiger partial charge in [0.1, 0.15) is 11.4 Å². The standard InChI is InChI=1S/C16H14N2O2S2/c1-2-20-13-8-4-3-7-12(13)17-16-18-15(19)14(22-16)10-11-6-5-9-21-11/h3-10H,2H2,1H3,(H,17,18,19)/b14-10-. The molecule has 1 fully saturated rings. The van der Waals surface area contributed by atoms with E-state index in [1.165, 1.54) is 11.8 Å². The fourth-order valence-electron chi connectivity index (χ4n) is 1.92. The monoisotopic (exact) mass is 330 g/mol. The molecule has 1 aromatic heterocycles. The van der Waals surface area contributed by atoms with Crippen LogP contribution in [0.2, 0.25) is 0 Å². The first kappa shape index (κ1) is 14.9. The van der Waals surface area contributed by atoms with Crippen molar-refractivity contribution < 1.29 is 9.53 Å². The molecule has 2 aromatic rings. The molecule has 1 saturated heterocycles. The number of nitrogens with one attached hydrogen (secondary N) is 1. The van der Waals surface area contributed by atoms with Gasteiger partial charge in [0.05, 0.1) is 11.5 Å². The summed E-state index contributed by atoms with van der Waals surface area (Å²) in [6.07, 6.45) is 1.88. The van der Waals surface area contributed by atoms with E-state index in [9.17, 15) is 4.79 Å². The minimum absolute atomic E-state index is 0.119. The quantitative estimate of drug-likeness (QED) is 0.861. The number of aliphatic imine (C=N–C) groups is 1. The summed E-state index contributed by atoms with van der Waals surface area (Å²) in [5.74, 6) is 0.592. The summed E-state index contributed by atoms with van der Waals surface area (Å²) in [4.78, 5) is 18.2. The second-order valence-electron chi connectivity index (χ2n) is 4.40. The zero-order valence-electron chi connectivity index (χ0n) is 11.9. The normalized spacial score (nSPS) is 18.0. The second kappa shape index (κ2) is 6.81. The van der Waals surface area contributed by atoms with Gasteiger partial charge in [-0.3, -0.25) is 4.79 Å². The van der Waals surface area contributed by atoms with E-state index in [0.717, 1.165) is 4.88 Å². The van der Waals surface area contributed by atoms with Crippen LogP contribution in [0.3, 0.4) is 0 Å². The van der Waals surface area contributed by atoms with Crippen molar-refractivity contribution in [2.45, 2.75) is 6.92 Å². The molecule has 3 rings (SSSR count). The van der Waals surface area contributed by atoms with Crippen LogP contribution in [0.25, 0.3) is 6.08 Å². The highest BCUT2D eigenvalue weighted by molar-refractivity contribution is 8.18. The van der Waals surface area contributed by atoms with E-state index in [-0.39, 0.29) is 5.91 Å². The molecule has 0 radical (unpaired) electrons. The summed E-state index contributed by atoms with van der Waals surface area (Å²) in [5, 5.41) is 5.34. The number of hydrogen-bond acceptors (Lipinski definition) is 5. The zero-order chi connectivity index (χ0) is 15.4. The van der Waals surface area contributed by atoms with Gasteiger partial charge in [-0.15, -0.1) is 11.3 Å². The van der Waals surface area contributed by atoms with Gasteiger partial charge in [0.15, 0.2) is 5.17 Å². The second-order valence-corrected chi connectivity index (χ2v) is 6.41. The fourth-order valence-corrected chi connectivity index (χ4v) is 3.48. The lowest BCUT2D eigenvalue weighted by molar-refractivity contribution is -0.115. The van der Waals surface area contributed by atoms with Gasteiger partial charge in [-0.1, -0.05) is 18.2 Å². The minimum Gasteiger partial charge on any atom is -0.492 e. The Labute approximate surface area is 136 Å². The summed E-state index contributed by atoms with van der Waals surface area (Å²) < 4.78 is 5.54. The Balaban J connectivity index is 1.84.